The number of urea groups is 1. The van der Waals surface area contributed by atoms with Gasteiger partial charge in [-0.2, -0.15) is 0 Å². The Hall–Kier alpha value is -0.644. The monoisotopic (exact) mass is 416 g/mol. The second-order valence-corrected chi connectivity index (χ2v) is 7.27. The van der Waals surface area contributed by atoms with Gasteiger partial charge in [0.2, 0.25) is 0 Å². The number of hydrogen-bond acceptors (Lipinski definition) is 5. The van der Waals surface area contributed by atoms with Crippen molar-refractivity contribution in [2.24, 2.45) is 0 Å². The van der Waals surface area contributed by atoms with Gasteiger partial charge < -0.3 is 30.0 Å². The summed E-state index contributed by atoms with van der Waals surface area (Å²) in [7, 11) is 1.63. The third kappa shape index (κ3) is 6.17. The van der Waals surface area contributed by atoms with E-state index < -0.39 is 17.5 Å². The Morgan fingerprint density at radius 1 is 1.29 bits per heavy atom. The largest absolute Gasteiger partial charge is 1.00 e. The van der Waals surface area contributed by atoms with Crippen LogP contribution in [0.5, 0.6) is 5.75 Å². The van der Waals surface area contributed by atoms with E-state index in [0.29, 0.717) is 32.6 Å². The van der Waals surface area contributed by atoms with Crippen LogP contribution in [0, 0.1) is 0 Å². The first-order chi connectivity index (χ1) is 12.9. The summed E-state index contributed by atoms with van der Waals surface area (Å²) in [4.78, 5) is 23.9. The van der Waals surface area contributed by atoms with Crippen LogP contribution in [-0.4, -0.2) is 44.4 Å². The first-order valence-electron chi connectivity index (χ1n) is 9.35. The van der Waals surface area contributed by atoms with E-state index in [-0.39, 0.29) is 56.8 Å². The van der Waals surface area contributed by atoms with Gasteiger partial charge in [0.05, 0.1) is 18.6 Å². The van der Waals surface area contributed by atoms with Crippen molar-refractivity contribution in [2.75, 3.05) is 26.9 Å². The number of aliphatic carboxylic acids is 1. The molecule has 1 atom stereocenters. The maximum atomic E-state index is 12.4. The van der Waals surface area contributed by atoms with Gasteiger partial charge in [-0.3, -0.25) is 0 Å². The van der Waals surface area contributed by atoms with Crippen LogP contribution in [0.4, 0.5) is 4.79 Å². The van der Waals surface area contributed by atoms with Crippen LogP contribution in [0.3, 0.4) is 0 Å². The molecule has 2 amide bonds. The minimum Gasteiger partial charge on any atom is -0.548 e. The van der Waals surface area contributed by atoms with Crippen molar-refractivity contribution in [3.63, 3.8) is 0 Å². The molecule has 7 nitrogen and oxygen atoms in total. The van der Waals surface area contributed by atoms with Gasteiger partial charge in [0, 0.05) is 30.7 Å². The van der Waals surface area contributed by atoms with Crippen molar-refractivity contribution in [1.82, 2.24) is 10.6 Å². The fraction of sp³-hybridized carbons (Fsp3) is 0.600. The third-order valence-electron chi connectivity index (χ3n) is 5.31. The minimum absolute atomic E-state index is 0. The third-order valence-corrected chi connectivity index (χ3v) is 5.31. The molecule has 0 radical (unpaired) electrons. The molecule has 1 aliphatic heterocycles. The number of nitrogens with one attached hydrogen (secondary N) is 2. The molecule has 0 spiro atoms. The molecule has 1 aliphatic rings. The zero-order chi connectivity index (χ0) is 19.9. The maximum Gasteiger partial charge on any atom is 1.00 e. The van der Waals surface area contributed by atoms with Crippen molar-refractivity contribution in [3.8, 4) is 5.75 Å². The van der Waals surface area contributed by atoms with Crippen molar-refractivity contribution < 1.29 is 75.6 Å². The van der Waals surface area contributed by atoms with Crippen LogP contribution in [0.15, 0.2) is 24.3 Å². The quantitative estimate of drug-likeness (QED) is 0.495. The Kier molecular flexibility index (Phi) is 10.4. The van der Waals surface area contributed by atoms with Gasteiger partial charge in [-0.1, -0.05) is 31.5 Å². The van der Waals surface area contributed by atoms with Gasteiger partial charge in [-0.05, 0) is 32.3 Å². The Morgan fingerprint density at radius 2 is 1.93 bits per heavy atom. The second-order valence-electron chi connectivity index (χ2n) is 7.27. The molecule has 8 heteroatoms. The van der Waals surface area contributed by atoms with E-state index in [9.17, 15) is 14.7 Å². The summed E-state index contributed by atoms with van der Waals surface area (Å²) in [6.45, 7) is 4.87. The Labute approximate surface area is 209 Å². The van der Waals surface area contributed by atoms with Crippen molar-refractivity contribution in [1.29, 1.82) is 0 Å². The Bertz CT molecular complexity index is 664. The number of carbonyl (C=O) groups excluding carboxylic acids is 2. The first kappa shape index (κ1) is 25.4. The van der Waals surface area contributed by atoms with Crippen LogP contribution in [0.2, 0.25) is 0 Å². The molecule has 1 saturated heterocycles. The number of carboxylic acids is 1. The summed E-state index contributed by atoms with van der Waals surface area (Å²) in [5.74, 6) is -0.517. The first-order valence-corrected chi connectivity index (χ1v) is 9.35. The molecular weight excluding hydrogens is 387 g/mol. The minimum atomic E-state index is -1.40. The van der Waals surface area contributed by atoms with Crippen LogP contribution in [0.1, 0.15) is 45.1 Å². The summed E-state index contributed by atoms with van der Waals surface area (Å²) >= 11 is 0. The van der Waals surface area contributed by atoms with Crippen molar-refractivity contribution in [3.05, 3.63) is 29.8 Å². The Morgan fingerprint density at radius 3 is 2.50 bits per heavy atom. The SMILES string of the molecule is CCCC(C)(NC(=O)NCC1(c2ccccc2OC)CCOCC1)C(=O)[O-].[K+]. The van der Waals surface area contributed by atoms with E-state index in [0.717, 1.165) is 24.2 Å². The van der Waals surface area contributed by atoms with Crippen LogP contribution in [0.25, 0.3) is 0 Å². The molecule has 1 aromatic rings. The average Bonchev–Trinajstić information content (AvgIpc) is 2.67. The molecule has 2 rings (SSSR count). The molecule has 28 heavy (non-hydrogen) atoms. The number of ether oxygens (including phenoxy) is 2. The number of methoxy groups -OCH3 is 1. The van der Waals surface area contributed by atoms with Crippen LogP contribution in [-0.2, 0) is 14.9 Å². The van der Waals surface area contributed by atoms with Crippen molar-refractivity contribution in [2.45, 2.75) is 50.5 Å². The predicted octanol–water partition coefficient (Wildman–Crippen LogP) is -1.64. The Balaban J connectivity index is 0.00000392. The van der Waals surface area contributed by atoms with Crippen LogP contribution >= 0.6 is 0 Å². The standard InChI is InChI=1S/C20H30N2O5.K/c1-4-9-19(2,17(23)24)22-18(25)21-14-20(10-12-27-13-11-20)15-7-5-6-8-16(15)26-3;/h5-8H,4,9-14H2,1-3H3,(H,23,24)(H2,21,22,25);/q;+1/p-1. The maximum absolute atomic E-state index is 12.4. The number of carboxylic acid groups (broad SMARTS) is 1. The molecule has 1 unspecified atom stereocenters. The molecule has 1 fully saturated rings. The number of para-hydroxylation sites is 1. The molecular formula is C20H29KN2O5. The van der Waals surface area contributed by atoms with E-state index in [1.54, 1.807) is 7.11 Å². The molecule has 1 aromatic carbocycles. The van der Waals surface area contributed by atoms with Gasteiger partial charge in [-0.15, -0.1) is 0 Å². The normalized spacial score (nSPS) is 17.5. The number of hydrogen-bond donors (Lipinski definition) is 2. The van der Waals surface area contributed by atoms with E-state index in [2.05, 4.69) is 10.6 Å². The van der Waals surface area contributed by atoms with Gasteiger partial charge in [0.15, 0.2) is 0 Å². The van der Waals surface area contributed by atoms with Gasteiger partial charge in [0.25, 0.3) is 0 Å². The summed E-state index contributed by atoms with van der Waals surface area (Å²) in [5.41, 5.74) is -0.705. The molecule has 0 bridgehead atoms. The molecule has 150 valence electrons. The fourth-order valence-electron chi connectivity index (χ4n) is 3.65. The second kappa shape index (κ2) is 11.5. The molecule has 1 heterocycles. The van der Waals surface area contributed by atoms with Crippen LogP contribution < -0.4 is 71.9 Å². The number of rotatable bonds is 8. The van der Waals surface area contributed by atoms with E-state index in [1.807, 2.05) is 31.2 Å². The predicted molar refractivity (Wildman–Crippen MR) is 99.6 cm³/mol. The van der Waals surface area contributed by atoms with E-state index >= 15 is 0 Å². The summed E-state index contributed by atoms with van der Waals surface area (Å²) in [6, 6.07) is 7.25. The number of carbonyl (C=O) groups is 2. The van der Waals surface area contributed by atoms with Gasteiger partial charge >= 0.3 is 57.4 Å². The zero-order valence-electron chi connectivity index (χ0n) is 17.3. The fourth-order valence-corrected chi connectivity index (χ4v) is 3.65. The van der Waals surface area contributed by atoms with Crippen molar-refractivity contribution >= 4 is 12.0 Å². The van der Waals surface area contributed by atoms with Gasteiger partial charge in [0.1, 0.15) is 5.75 Å². The molecule has 0 aliphatic carbocycles. The molecule has 0 saturated carbocycles. The summed E-state index contributed by atoms with van der Waals surface area (Å²) < 4.78 is 11.0. The summed E-state index contributed by atoms with van der Waals surface area (Å²) in [6.07, 6.45) is 2.39. The van der Waals surface area contributed by atoms with Gasteiger partial charge in [-0.25, -0.2) is 4.79 Å². The smallest absolute Gasteiger partial charge is 0.548 e. The van der Waals surface area contributed by atoms with E-state index in [1.165, 1.54) is 6.92 Å². The summed E-state index contributed by atoms with van der Waals surface area (Å²) in [5, 5.41) is 16.8. The van der Waals surface area contributed by atoms with E-state index in [4.69, 9.17) is 9.47 Å². The average molecular weight is 417 g/mol. The molecule has 2 N–H and O–H groups in total. The number of amides is 2. The number of benzene rings is 1. The molecule has 0 aromatic heterocycles. The topological polar surface area (TPSA) is 99.7 Å². The zero-order valence-corrected chi connectivity index (χ0v) is 20.4.